The lowest BCUT2D eigenvalue weighted by molar-refractivity contribution is 0.0693. The van der Waals surface area contributed by atoms with Crippen LogP contribution in [-0.4, -0.2) is 18.2 Å². The molecule has 0 radical (unpaired) electrons. The number of nitrogens with zero attached hydrogens (tertiary/aromatic N) is 1. The summed E-state index contributed by atoms with van der Waals surface area (Å²) in [6.07, 6.45) is 0. The molecule has 0 aromatic heterocycles. The number of nitriles is 1. The Morgan fingerprint density at radius 2 is 2.05 bits per heavy atom. The van der Waals surface area contributed by atoms with Gasteiger partial charge in [-0.1, -0.05) is 6.07 Å². The van der Waals surface area contributed by atoms with Crippen LogP contribution >= 0.6 is 15.9 Å². The standard InChI is InChI=1S/C15H10BrNO4/c1-20-13-4-2-3-10(15(18)19)14(13)21-12-6-5-9(8-17)7-11(12)16/h2-7H,1H3,(H,18,19). The molecule has 0 heterocycles. The second kappa shape index (κ2) is 6.29. The second-order valence-corrected chi connectivity index (χ2v) is 4.86. The molecule has 21 heavy (non-hydrogen) atoms. The van der Waals surface area contributed by atoms with Crippen molar-refractivity contribution in [1.29, 1.82) is 5.26 Å². The van der Waals surface area contributed by atoms with Gasteiger partial charge in [-0.05, 0) is 46.3 Å². The Hall–Kier alpha value is -2.52. The molecule has 0 spiro atoms. The van der Waals surface area contributed by atoms with Gasteiger partial charge in [-0.15, -0.1) is 0 Å². The topological polar surface area (TPSA) is 79.6 Å². The fourth-order valence-corrected chi connectivity index (χ4v) is 2.17. The minimum absolute atomic E-state index is 0.00869. The third-order valence-electron chi connectivity index (χ3n) is 2.70. The highest BCUT2D eigenvalue weighted by Crippen LogP contribution is 2.38. The normalized spacial score (nSPS) is 9.76. The molecule has 0 fully saturated rings. The summed E-state index contributed by atoms with van der Waals surface area (Å²) in [5.74, 6) is -0.307. The van der Waals surface area contributed by atoms with Crippen molar-refractivity contribution in [1.82, 2.24) is 0 Å². The number of benzene rings is 2. The molecule has 0 aliphatic heterocycles. The molecule has 0 aliphatic carbocycles. The van der Waals surface area contributed by atoms with Gasteiger partial charge < -0.3 is 14.6 Å². The molecule has 0 saturated heterocycles. The Morgan fingerprint density at radius 3 is 2.62 bits per heavy atom. The predicted octanol–water partition coefficient (Wildman–Crippen LogP) is 3.82. The van der Waals surface area contributed by atoms with Crippen LogP contribution in [0.4, 0.5) is 0 Å². The van der Waals surface area contributed by atoms with E-state index in [0.29, 0.717) is 21.5 Å². The number of rotatable bonds is 4. The lowest BCUT2D eigenvalue weighted by atomic mass is 10.2. The maximum Gasteiger partial charge on any atom is 0.339 e. The van der Waals surface area contributed by atoms with E-state index < -0.39 is 5.97 Å². The number of ether oxygens (including phenoxy) is 2. The molecule has 0 atom stereocenters. The number of halogens is 1. The average Bonchev–Trinajstić information content (AvgIpc) is 2.49. The molecule has 0 saturated carbocycles. The summed E-state index contributed by atoms with van der Waals surface area (Å²) in [5.41, 5.74) is 0.457. The summed E-state index contributed by atoms with van der Waals surface area (Å²) in [5, 5.41) is 18.1. The van der Waals surface area contributed by atoms with Crippen molar-refractivity contribution in [2.75, 3.05) is 7.11 Å². The van der Waals surface area contributed by atoms with Crippen LogP contribution in [0, 0.1) is 11.3 Å². The number of aromatic carboxylic acids is 1. The van der Waals surface area contributed by atoms with Crippen molar-refractivity contribution in [2.24, 2.45) is 0 Å². The van der Waals surface area contributed by atoms with Crippen LogP contribution in [0.1, 0.15) is 15.9 Å². The third kappa shape index (κ3) is 3.15. The molecule has 2 aromatic rings. The summed E-state index contributed by atoms with van der Waals surface area (Å²) < 4.78 is 11.3. The Morgan fingerprint density at radius 1 is 1.29 bits per heavy atom. The van der Waals surface area contributed by atoms with Crippen LogP contribution in [0.2, 0.25) is 0 Å². The van der Waals surface area contributed by atoms with E-state index in [0.717, 1.165) is 0 Å². The molecular formula is C15H10BrNO4. The fraction of sp³-hybridized carbons (Fsp3) is 0.0667. The zero-order valence-electron chi connectivity index (χ0n) is 11.0. The SMILES string of the molecule is COc1cccc(C(=O)O)c1Oc1ccc(C#N)cc1Br. The van der Waals surface area contributed by atoms with E-state index in [9.17, 15) is 9.90 Å². The minimum atomic E-state index is -1.12. The van der Waals surface area contributed by atoms with Gasteiger partial charge in [0.2, 0.25) is 0 Å². The summed E-state index contributed by atoms with van der Waals surface area (Å²) in [6, 6.07) is 11.4. The molecule has 106 valence electrons. The molecule has 1 N–H and O–H groups in total. The first-order chi connectivity index (χ1) is 10.1. The van der Waals surface area contributed by atoms with Gasteiger partial charge in [-0.3, -0.25) is 0 Å². The number of carboxylic acids is 1. The van der Waals surface area contributed by atoms with Crippen molar-refractivity contribution < 1.29 is 19.4 Å². The molecule has 2 rings (SSSR count). The van der Waals surface area contributed by atoms with Crippen LogP contribution in [0.25, 0.3) is 0 Å². The highest BCUT2D eigenvalue weighted by atomic mass is 79.9. The number of methoxy groups -OCH3 is 1. The van der Waals surface area contributed by atoms with Crippen molar-refractivity contribution in [3.63, 3.8) is 0 Å². The zero-order chi connectivity index (χ0) is 15.4. The molecular weight excluding hydrogens is 338 g/mol. The summed E-state index contributed by atoms with van der Waals surface area (Å²) in [4.78, 5) is 11.3. The molecule has 2 aromatic carbocycles. The number of carbonyl (C=O) groups is 1. The summed E-state index contributed by atoms with van der Waals surface area (Å²) >= 11 is 3.29. The van der Waals surface area contributed by atoms with Crippen LogP contribution in [-0.2, 0) is 0 Å². The van der Waals surface area contributed by atoms with E-state index >= 15 is 0 Å². The predicted molar refractivity (Wildman–Crippen MR) is 78.9 cm³/mol. The van der Waals surface area contributed by atoms with E-state index in [2.05, 4.69) is 15.9 Å². The smallest absolute Gasteiger partial charge is 0.339 e. The first kappa shape index (κ1) is 14.9. The van der Waals surface area contributed by atoms with Crippen molar-refractivity contribution in [2.45, 2.75) is 0 Å². The minimum Gasteiger partial charge on any atom is -0.493 e. The van der Waals surface area contributed by atoms with Crippen LogP contribution in [0.15, 0.2) is 40.9 Å². The van der Waals surface area contributed by atoms with Gasteiger partial charge in [0, 0.05) is 0 Å². The van der Waals surface area contributed by atoms with Crippen molar-refractivity contribution >= 4 is 21.9 Å². The van der Waals surface area contributed by atoms with Crippen LogP contribution < -0.4 is 9.47 Å². The maximum absolute atomic E-state index is 11.3. The molecule has 6 heteroatoms. The van der Waals surface area contributed by atoms with Gasteiger partial charge in [0.05, 0.1) is 23.2 Å². The van der Waals surface area contributed by atoms with Gasteiger partial charge >= 0.3 is 5.97 Å². The van der Waals surface area contributed by atoms with E-state index in [1.165, 1.54) is 13.2 Å². The van der Waals surface area contributed by atoms with Crippen molar-refractivity contribution in [3.05, 3.63) is 52.0 Å². The van der Waals surface area contributed by atoms with Crippen LogP contribution in [0.3, 0.4) is 0 Å². The van der Waals surface area contributed by atoms with E-state index in [1.807, 2.05) is 6.07 Å². The highest BCUT2D eigenvalue weighted by molar-refractivity contribution is 9.10. The van der Waals surface area contributed by atoms with E-state index in [-0.39, 0.29) is 11.3 Å². The number of carboxylic acid groups (broad SMARTS) is 1. The summed E-state index contributed by atoms with van der Waals surface area (Å²) in [7, 11) is 1.43. The van der Waals surface area contributed by atoms with Crippen LogP contribution in [0.5, 0.6) is 17.2 Å². The second-order valence-electron chi connectivity index (χ2n) is 4.00. The monoisotopic (exact) mass is 347 g/mol. The largest absolute Gasteiger partial charge is 0.493 e. The highest BCUT2D eigenvalue weighted by Gasteiger charge is 2.18. The Kier molecular flexibility index (Phi) is 4.45. The Labute approximate surface area is 129 Å². The molecule has 0 amide bonds. The molecule has 0 unspecified atom stereocenters. The molecule has 0 bridgehead atoms. The van der Waals surface area contributed by atoms with Gasteiger partial charge in [-0.2, -0.15) is 5.26 Å². The number of hydrogen-bond acceptors (Lipinski definition) is 4. The first-order valence-corrected chi connectivity index (χ1v) is 6.64. The van der Waals surface area contributed by atoms with Gasteiger partial charge in [-0.25, -0.2) is 4.79 Å². The fourth-order valence-electron chi connectivity index (χ4n) is 1.71. The third-order valence-corrected chi connectivity index (χ3v) is 3.32. The summed E-state index contributed by atoms with van der Waals surface area (Å²) in [6.45, 7) is 0. The Bertz CT molecular complexity index is 737. The maximum atomic E-state index is 11.3. The first-order valence-electron chi connectivity index (χ1n) is 5.84. The van der Waals surface area contributed by atoms with E-state index in [4.69, 9.17) is 14.7 Å². The van der Waals surface area contributed by atoms with Gasteiger partial charge in [0.25, 0.3) is 0 Å². The molecule has 0 aliphatic rings. The average molecular weight is 348 g/mol. The van der Waals surface area contributed by atoms with Gasteiger partial charge in [0.15, 0.2) is 11.5 Å². The Balaban J connectivity index is 2.48. The quantitative estimate of drug-likeness (QED) is 0.909. The lowest BCUT2D eigenvalue weighted by Crippen LogP contribution is -2.02. The van der Waals surface area contributed by atoms with E-state index in [1.54, 1.807) is 30.3 Å². The zero-order valence-corrected chi connectivity index (χ0v) is 12.5. The molecule has 5 nitrogen and oxygen atoms in total. The number of para-hydroxylation sites is 1. The number of hydrogen-bond donors (Lipinski definition) is 1. The van der Waals surface area contributed by atoms with Crippen molar-refractivity contribution in [3.8, 4) is 23.3 Å². The lowest BCUT2D eigenvalue weighted by Gasteiger charge is -2.13. The van der Waals surface area contributed by atoms with Gasteiger partial charge in [0.1, 0.15) is 11.3 Å².